The van der Waals surface area contributed by atoms with Crippen molar-refractivity contribution in [3.8, 4) is 5.75 Å². The number of allylic oxidation sites excluding steroid dienone is 2. The molecule has 1 heterocycles. The van der Waals surface area contributed by atoms with E-state index in [9.17, 15) is 9.90 Å². The minimum Gasteiger partial charge on any atom is -0.507 e. The number of carbonyl (C=O) groups excluding carboxylic acids is 1. The van der Waals surface area contributed by atoms with Crippen LogP contribution in [0.1, 0.15) is 12.0 Å². The first-order chi connectivity index (χ1) is 7.18. The van der Waals surface area contributed by atoms with Crippen LogP contribution in [-0.4, -0.2) is 16.1 Å². The van der Waals surface area contributed by atoms with Gasteiger partial charge in [0.1, 0.15) is 11.4 Å². The molecular formula is C11H8ClNO2. The number of nitrogens with zero attached hydrogens (tertiary/aromatic N) is 1. The SMILES string of the molecule is O=C(Cl)C1=CCC(c2ccccc2O)=N1. The highest BCUT2D eigenvalue weighted by atomic mass is 35.5. The summed E-state index contributed by atoms with van der Waals surface area (Å²) in [5.74, 6) is 0.160. The molecule has 0 radical (unpaired) electrons. The monoisotopic (exact) mass is 221 g/mol. The number of aliphatic imine (C=N–C) groups is 1. The highest BCUT2D eigenvalue weighted by Gasteiger charge is 2.16. The van der Waals surface area contributed by atoms with Gasteiger partial charge in [-0.2, -0.15) is 0 Å². The van der Waals surface area contributed by atoms with Gasteiger partial charge < -0.3 is 5.11 Å². The van der Waals surface area contributed by atoms with Crippen molar-refractivity contribution in [1.29, 1.82) is 0 Å². The van der Waals surface area contributed by atoms with Gasteiger partial charge in [0.15, 0.2) is 0 Å². The van der Waals surface area contributed by atoms with Crippen molar-refractivity contribution in [2.45, 2.75) is 6.42 Å². The van der Waals surface area contributed by atoms with Gasteiger partial charge in [0.25, 0.3) is 5.24 Å². The van der Waals surface area contributed by atoms with Crippen molar-refractivity contribution in [1.82, 2.24) is 0 Å². The lowest BCUT2D eigenvalue weighted by molar-refractivity contribution is -0.108. The molecule has 1 N–H and O–H groups in total. The molecule has 1 aromatic carbocycles. The third kappa shape index (κ3) is 1.92. The summed E-state index contributed by atoms with van der Waals surface area (Å²) in [6.45, 7) is 0. The van der Waals surface area contributed by atoms with Gasteiger partial charge in [0, 0.05) is 12.0 Å². The second-order valence-corrected chi connectivity index (χ2v) is 3.49. The second-order valence-electron chi connectivity index (χ2n) is 3.14. The molecule has 0 bridgehead atoms. The van der Waals surface area contributed by atoms with E-state index >= 15 is 0 Å². The van der Waals surface area contributed by atoms with E-state index in [0.29, 0.717) is 17.7 Å². The number of para-hydroxylation sites is 1. The summed E-state index contributed by atoms with van der Waals surface area (Å²) >= 11 is 5.30. The quantitative estimate of drug-likeness (QED) is 0.779. The maximum absolute atomic E-state index is 10.8. The number of aromatic hydroxyl groups is 1. The van der Waals surface area contributed by atoms with Gasteiger partial charge in [-0.15, -0.1) is 0 Å². The number of halogens is 1. The molecule has 0 amide bonds. The molecule has 4 heteroatoms. The predicted octanol–water partition coefficient (Wildman–Crippen LogP) is 2.23. The smallest absolute Gasteiger partial charge is 0.270 e. The number of phenols is 1. The molecular weight excluding hydrogens is 214 g/mol. The van der Waals surface area contributed by atoms with Crippen LogP contribution < -0.4 is 0 Å². The molecule has 0 aliphatic carbocycles. The van der Waals surface area contributed by atoms with E-state index in [1.54, 1.807) is 30.3 Å². The lowest BCUT2D eigenvalue weighted by atomic mass is 10.1. The number of hydrogen-bond acceptors (Lipinski definition) is 3. The average molecular weight is 222 g/mol. The number of hydrogen-bond donors (Lipinski definition) is 1. The van der Waals surface area contributed by atoms with Crippen LogP contribution >= 0.6 is 11.6 Å². The molecule has 3 nitrogen and oxygen atoms in total. The van der Waals surface area contributed by atoms with Crippen molar-refractivity contribution in [3.63, 3.8) is 0 Å². The number of benzene rings is 1. The van der Waals surface area contributed by atoms with Crippen molar-refractivity contribution in [3.05, 3.63) is 41.6 Å². The normalized spacial score (nSPS) is 14.7. The van der Waals surface area contributed by atoms with Crippen LogP contribution in [0.3, 0.4) is 0 Å². The fourth-order valence-electron chi connectivity index (χ4n) is 1.44. The highest BCUT2D eigenvalue weighted by molar-refractivity contribution is 6.67. The molecule has 1 aromatic rings. The van der Waals surface area contributed by atoms with Crippen LogP contribution in [0, 0.1) is 0 Å². The fraction of sp³-hybridized carbons (Fsp3) is 0.0909. The molecule has 1 aliphatic rings. The van der Waals surface area contributed by atoms with E-state index in [-0.39, 0.29) is 11.4 Å². The maximum atomic E-state index is 10.8. The Hall–Kier alpha value is -1.61. The van der Waals surface area contributed by atoms with Crippen molar-refractivity contribution in [2.75, 3.05) is 0 Å². The Balaban J connectivity index is 2.34. The van der Waals surface area contributed by atoms with E-state index in [4.69, 9.17) is 11.6 Å². The molecule has 0 unspecified atom stereocenters. The lowest BCUT2D eigenvalue weighted by Gasteiger charge is -2.02. The third-order valence-electron chi connectivity index (χ3n) is 2.16. The van der Waals surface area contributed by atoms with E-state index in [0.717, 1.165) is 0 Å². The Morgan fingerprint density at radius 3 is 2.73 bits per heavy atom. The largest absolute Gasteiger partial charge is 0.507 e. The summed E-state index contributed by atoms with van der Waals surface area (Å²) in [7, 11) is 0. The molecule has 0 spiro atoms. The molecule has 0 aromatic heterocycles. The van der Waals surface area contributed by atoms with Gasteiger partial charge in [0.2, 0.25) is 0 Å². The number of phenolic OH excluding ortho intramolecular Hbond substituents is 1. The van der Waals surface area contributed by atoms with Gasteiger partial charge in [-0.05, 0) is 29.8 Å². The molecule has 2 rings (SSSR count). The highest BCUT2D eigenvalue weighted by Crippen LogP contribution is 2.23. The minimum absolute atomic E-state index is 0.160. The minimum atomic E-state index is -0.569. The summed E-state index contributed by atoms with van der Waals surface area (Å²) in [4.78, 5) is 14.9. The molecule has 0 fully saturated rings. The van der Waals surface area contributed by atoms with Crippen molar-refractivity contribution >= 4 is 22.6 Å². The topological polar surface area (TPSA) is 49.7 Å². The van der Waals surface area contributed by atoms with Gasteiger partial charge in [-0.25, -0.2) is 4.99 Å². The summed E-state index contributed by atoms with van der Waals surface area (Å²) in [6.07, 6.45) is 2.17. The van der Waals surface area contributed by atoms with Crippen LogP contribution in [0.25, 0.3) is 0 Å². The van der Waals surface area contributed by atoms with Crippen LogP contribution in [0.5, 0.6) is 5.75 Å². The van der Waals surface area contributed by atoms with Crippen molar-refractivity contribution < 1.29 is 9.90 Å². The Labute approximate surface area is 91.7 Å². The Morgan fingerprint density at radius 1 is 1.40 bits per heavy atom. The van der Waals surface area contributed by atoms with Crippen molar-refractivity contribution in [2.24, 2.45) is 4.99 Å². The molecule has 0 atom stereocenters. The van der Waals surface area contributed by atoms with E-state index in [1.807, 2.05) is 0 Å². The number of carbonyl (C=O) groups is 1. The number of rotatable bonds is 2. The second kappa shape index (κ2) is 3.87. The molecule has 0 saturated carbocycles. The summed E-state index contributed by atoms with van der Waals surface area (Å²) in [6, 6.07) is 6.87. The Kier molecular flexibility index (Phi) is 2.56. The average Bonchev–Trinajstić information content (AvgIpc) is 2.67. The zero-order valence-electron chi connectivity index (χ0n) is 7.77. The lowest BCUT2D eigenvalue weighted by Crippen LogP contribution is -1.96. The predicted molar refractivity (Wildman–Crippen MR) is 58.2 cm³/mol. The Morgan fingerprint density at radius 2 is 2.13 bits per heavy atom. The zero-order valence-corrected chi connectivity index (χ0v) is 8.53. The van der Waals surface area contributed by atoms with Crippen LogP contribution in [0.4, 0.5) is 0 Å². The van der Waals surface area contributed by atoms with Crippen LogP contribution in [0.2, 0.25) is 0 Å². The molecule has 15 heavy (non-hydrogen) atoms. The van der Waals surface area contributed by atoms with E-state index in [1.165, 1.54) is 0 Å². The fourth-order valence-corrected chi connectivity index (χ4v) is 1.56. The van der Waals surface area contributed by atoms with Gasteiger partial charge >= 0.3 is 0 Å². The maximum Gasteiger partial charge on any atom is 0.270 e. The standard InChI is InChI=1S/C11H8ClNO2/c12-11(15)9-6-5-8(13-9)7-3-1-2-4-10(7)14/h1-4,6,14H,5H2. The van der Waals surface area contributed by atoms with Crippen LogP contribution in [-0.2, 0) is 4.79 Å². The molecule has 76 valence electrons. The van der Waals surface area contributed by atoms with E-state index < -0.39 is 5.24 Å². The third-order valence-corrected chi connectivity index (χ3v) is 2.35. The summed E-state index contributed by atoms with van der Waals surface area (Å²) < 4.78 is 0. The first kappa shape index (κ1) is 9.93. The van der Waals surface area contributed by atoms with Gasteiger partial charge in [-0.3, -0.25) is 4.79 Å². The summed E-state index contributed by atoms with van der Waals surface area (Å²) in [5.41, 5.74) is 1.55. The van der Waals surface area contributed by atoms with Crippen LogP contribution in [0.15, 0.2) is 41.0 Å². The Bertz CT molecular complexity index is 477. The first-order valence-corrected chi connectivity index (χ1v) is 4.82. The van der Waals surface area contributed by atoms with E-state index in [2.05, 4.69) is 4.99 Å². The molecule has 0 saturated heterocycles. The zero-order chi connectivity index (χ0) is 10.8. The first-order valence-electron chi connectivity index (χ1n) is 4.44. The molecule has 1 aliphatic heterocycles. The van der Waals surface area contributed by atoms with Gasteiger partial charge in [0.05, 0.1) is 5.71 Å². The van der Waals surface area contributed by atoms with Gasteiger partial charge in [-0.1, -0.05) is 12.1 Å². The summed E-state index contributed by atoms with van der Waals surface area (Å²) in [5, 5.41) is 9.00.